The van der Waals surface area contributed by atoms with Gasteiger partial charge in [0.2, 0.25) is 11.2 Å². The number of aromatic nitrogens is 1. The lowest BCUT2D eigenvalue weighted by Crippen LogP contribution is -2.26. The van der Waals surface area contributed by atoms with Gasteiger partial charge >= 0.3 is 5.97 Å². The van der Waals surface area contributed by atoms with Crippen molar-refractivity contribution in [2.24, 2.45) is 7.05 Å². The highest BCUT2D eigenvalue weighted by Crippen LogP contribution is 2.32. The zero-order valence-corrected chi connectivity index (χ0v) is 15.2. The van der Waals surface area contributed by atoms with Crippen LogP contribution in [0.5, 0.6) is 5.75 Å². The minimum absolute atomic E-state index is 0.127. The second kappa shape index (κ2) is 7.11. The smallest absolute Gasteiger partial charge is 0.306 e. The third-order valence-corrected chi connectivity index (χ3v) is 4.52. The van der Waals surface area contributed by atoms with Gasteiger partial charge in [-0.25, -0.2) is 0 Å². The summed E-state index contributed by atoms with van der Waals surface area (Å²) >= 11 is 0. The van der Waals surface area contributed by atoms with Crippen LogP contribution in [0.3, 0.4) is 0 Å². The molecule has 1 N–H and O–H groups in total. The molecule has 0 spiro atoms. The summed E-state index contributed by atoms with van der Waals surface area (Å²) in [5, 5.41) is 11.0. The van der Waals surface area contributed by atoms with Crippen molar-refractivity contribution < 1.29 is 19.1 Å². The highest BCUT2D eigenvalue weighted by molar-refractivity contribution is 5.80. The summed E-state index contributed by atoms with van der Waals surface area (Å²) < 4.78 is 11.7. The fourth-order valence-corrected chi connectivity index (χ4v) is 3.15. The van der Waals surface area contributed by atoms with Gasteiger partial charge < -0.3 is 18.8 Å². The van der Waals surface area contributed by atoms with Crippen molar-refractivity contribution in [2.45, 2.75) is 19.3 Å². The zero-order valence-electron chi connectivity index (χ0n) is 15.2. The third-order valence-electron chi connectivity index (χ3n) is 4.52. The number of hydrogen-bond acceptors (Lipinski definition) is 6. The van der Waals surface area contributed by atoms with Crippen LogP contribution in [0, 0.1) is 6.92 Å². The van der Waals surface area contributed by atoms with Crippen LogP contribution in [-0.4, -0.2) is 22.8 Å². The first kappa shape index (κ1) is 18.4. The minimum atomic E-state index is -0.964. The Bertz CT molecular complexity index is 1140. The molecule has 3 aromatic rings. The van der Waals surface area contributed by atoms with Gasteiger partial charge in [0.15, 0.2) is 5.76 Å². The number of esters is 1. The van der Waals surface area contributed by atoms with E-state index in [0.717, 1.165) is 17.0 Å². The number of aromatic hydroxyl groups is 1. The maximum Gasteiger partial charge on any atom is 0.306 e. The molecule has 27 heavy (non-hydrogen) atoms. The molecular formula is C20H19NO6. The number of pyridine rings is 1. The number of nitrogens with zero attached hydrogens (tertiary/aromatic N) is 1. The lowest BCUT2D eigenvalue weighted by molar-refractivity contribution is -0.140. The van der Waals surface area contributed by atoms with Crippen LogP contribution in [0.2, 0.25) is 0 Å². The van der Waals surface area contributed by atoms with Crippen LogP contribution in [0.4, 0.5) is 0 Å². The van der Waals surface area contributed by atoms with Gasteiger partial charge in [0.1, 0.15) is 5.76 Å². The number of fused-ring (bicyclic) bond motifs is 1. The predicted octanol–water partition coefficient (Wildman–Crippen LogP) is 2.20. The van der Waals surface area contributed by atoms with Gasteiger partial charge in [-0.1, -0.05) is 18.2 Å². The SMILES string of the molecule is COC(=O)C[C@@H](c1oc(C)cc(=O)c1O)c1cc2ccccc2n(C)c1=O. The van der Waals surface area contributed by atoms with E-state index in [2.05, 4.69) is 0 Å². The van der Waals surface area contributed by atoms with Gasteiger partial charge in [0.05, 0.1) is 25.0 Å². The molecule has 0 amide bonds. The Morgan fingerprint density at radius 3 is 2.67 bits per heavy atom. The number of methoxy groups -OCH3 is 1. The number of rotatable bonds is 4. The van der Waals surface area contributed by atoms with E-state index in [1.807, 2.05) is 18.2 Å². The fraction of sp³-hybridized carbons (Fsp3) is 0.250. The van der Waals surface area contributed by atoms with Crippen molar-refractivity contribution in [3.63, 3.8) is 0 Å². The molecular weight excluding hydrogens is 350 g/mol. The molecule has 0 aliphatic heterocycles. The Morgan fingerprint density at radius 2 is 1.96 bits per heavy atom. The van der Waals surface area contributed by atoms with Crippen LogP contribution >= 0.6 is 0 Å². The van der Waals surface area contributed by atoms with Crippen LogP contribution in [0.1, 0.15) is 29.4 Å². The molecule has 0 saturated heterocycles. The molecule has 0 fully saturated rings. The lowest BCUT2D eigenvalue weighted by Gasteiger charge is -2.18. The molecule has 3 rings (SSSR count). The van der Waals surface area contributed by atoms with E-state index in [1.165, 1.54) is 11.7 Å². The minimum Gasteiger partial charge on any atom is -0.502 e. The summed E-state index contributed by atoms with van der Waals surface area (Å²) in [4.78, 5) is 36.9. The van der Waals surface area contributed by atoms with Crippen LogP contribution in [-0.2, 0) is 16.6 Å². The van der Waals surface area contributed by atoms with E-state index in [9.17, 15) is 19.5 Å². The summed E-state index contributed by atoms with van der Waals surface area (Å²) in [7, 11) is 2.85. The van der Waals surface area contributed by atoms with E-state index >= 15 is 0 Å². The molecule has 2 heterocycles. The molecule has 7 heteroatoms. The molecule has 0 aliphatic rings. The second-order valence-corrected chi connectivity index (χ2v) is 6.29. The Balaban J connectivity index is 2.31. The number of hydrogen-bond donors (Lipinski definition) is 1. The van der Waals surface area contributed by atoms with E-state index in [-0.39, 0.29) is 29.1 Å². The average molecular weight is 369 g/mol. The summed E-state index contributed by atoms with van der Waals surface area (Å²) in [5.41, 5.74) is -0.0453. The number of benzene rings is 1. The van der Waals surface area contributed by atoms with Gasteiger partial charge in [-0.2, -0.15) is 0 Å². The Hall–Kier alpha value is -3.35. The number of aryl methyl sites for hydroxylation is 2. The van der Waals surface area contributed by atoms with E-state index in [1.54, 1.807) is 26.1 Å². The van der Waals surface area contributed by atoms with Gasteiger partial charge in [0, 0.05) is 18.7 Å². The Kier molecular flexibility index (Phi) is 4.85. The van der Waals surface area contributed by atoms with Crippen molar-refractivity contribution in [2.75, 3.05) is 7.11 Å². The first-order chi connectivity index (χ1) is 12.8. The first-order valence-corrected chi connectivity index (χ1v) is 8.32. The molecule has 0 aliphatic carbocycles. The third kappa shape index (κ3) is 3.36. The topological polar surface area (TPSA) is 98.7 Å². The molecule has 1 aromatic carbocycles. The molecule has 7 nitrogen and oxygen atoms in total. The zero-order chi connectivity index (χ0) is 19.7. The lowest BCUT2D eigenvalue weighted by atomic mass is 9.92. The largest absolute Gasteiger partial charge is 0.502 e. The average Bonchev–Trinajstić information content (AvgIpc) is 2.65. The normalized spacial score (nSPS) is 12.1. The van der Waals surface area contributed by atoms with Gasteiger partial charge in [-0.3, -0.25) is 14.4 Å². The highest BCUT2D eigenvalue weighted by atomic mass is 16.5. The summed E-state index contributed by atoms with van der Waals surface area (Å²) in [5.74, 6) is -2.05. The summed E-state index contributed by atoms with van der Waals surface area (Å²) in [6.07, 6.45) is -0.260. The first-order valence-electron chi connectivity index (χ1n) is 8.32. The van der Waals surface area contributed by atoms with Crippen LogP contribution < -0.4 is 11.0 Å². The second-order valence-electron chi connectivity index (χ2n) is 6.29. The highest BCUT2D eigenvalue weighted by Gasteiger charge is 2.29. The number of ether oxygens (including phenoxy) is 1. The molecule has 0 bridgehead atoms. The maximum absolute atomic E-state index is 13.0. The molecule has 0 radical (unpaired) electrons. The van der Waals surface area contributed by atoms with E-state index < -0.39 is 23.1 Å². The quantitative estimate of drug-likeness (QED) is 0.708. The van der Waals surface area contributed by atoms with E-state index in [4.69, 9.17) is 9.15 Å². The van der Waals surface area contributed by atoms with Crippen molar-refractivity contribution in [3.8, 4) is 5.75 Å². The van der Waals surface area contributed by atoms with Crippen molar-refractivity contribution >= 4 is 16.9 Å². The molecule has 1 atom stereocenters. The summed E-state index contributed by atoms with van der Waals surface area (Å²) in [6.45, 7) is 1.55. The number of para-hydroxylation sites is 1. The summed E-state index contributed by atoms with van der Waals surface area (Å²) in [6, 6.07) is 10.1. The van der Waals surface area contributed by atoms with Crippen molar-refractivity contribution in [3.05, 3.63) is 74.1 Å². The van der Waals surface area contributed by atoms with Gasteiger partial charge in [-0.15, -0.1) is 0 Å². The van der Waals surface area contributed by atoms with Crippen LogP contribution in [0.15, 0.2) is 50.4 Å². The number of carbonyl (C=O) groups excluding carboxylic acids is 1. The van der Waals surface area contributed by atoms with Crippen LogP contribution in [0.25, 0.3) is 10.9 Å². The van der Waals surface area contributed by atoms with Crippen molar-refractivity contribution in [1.82, 2.24) is 4.57 Å². The molecule has 0 saturated carbocycles. The van der Waals surface area contributed by atoms with Gasteiger partial charge in [-0.05, 0) is 24.4 Å². The monoisotopic (exact) mass is 369 g/mol. The molecule has 2 aromatic heterocycles. The van der Waals surface area contributed by atoms with E-state index in [0.29, 0.717) is 0 Å². The van der Waals surface area contributed by atoms with Crippen molar-refractivity contribution in [1.29, 1.82) is 0 Å². The Morgan fingerprint density at radius 1 is 1.26 bits per heavy atom. The fourth-order valence-electron chi connectivity index (χ4n) is 3.15. The maximum atomic E-state index is 13.0. The Labute approximate surface area is 154 Å². The number of carbonyl (C=O) groups is 1. The standard InChI is InChI=1S/C20H19NO6/c1-11-8-16(22)18(24)19(27-11)13(10-17(23)26-3)14-9-12-6-4-5-7-15(12)21(2)20(14)25/h4-9,13,24H,10H2,1-3H3/t13-/m1/s1. The molecule has 140 valence electrons. The van der Waals surface area contributed by atoms with Gasteiger partial charge in [0.25, 0.3) is 5.56 Å². The predicted molar refractivity (Wildman–Crippen MR) is 99.0 cm³/mol. The molecule has 0 unspecified atom stereocenters.